The molecule has 1 amide bonds. The van der Waals surface area contributed by atoms with Crippen LogP contribution in [0.25, 0.3) is 0 Å². The molecule has 18 heavy (non-hydrogen) atoms. The number of amides is 1. The smallest absolute Gasteiger partial charge is 0.410 e. The van der Waals surface area contributed by atoms with E-state index in [-0.39, 0.29) is 18.3 Å². The fraction of sp³-hybridized carbons (Fsp3) is 0.900. The van der Waals surface area contributed by atoms with Gasteiger partial charge in [0.2, 0.25) is 0 Å². The van der Waals surface area contributed by atoms with Crippen LogP contribution in [-0.4, -0.2) is 51.8 Å². The van der Waals surface area contributed by atoms with Gasteiger partial charge in [-0.25, -0.2) is 4.79 Å². The zero-order chi connectivity index (χ0) is 13.8. The summed E-state index contributed by atoms with van der Waals surface area (Å²) in [5, 5.41) is 0. The van der Waals surface area contributed by atoms with Gasteiger partial charge in [-0.1, -0.05) is 0 Å². The van der Waals surface area contributed by atoms with E-state index in [1.165, 1.54) is 7.05 Å². The third kappa shape index (κ3) is 4.79. The Morgan fingerprint density at radius 3 is 2.33 bits per heavy atom. The van der Waals surface area contributed by atoms with Crippen molar-refractivity contribution >= 4 is 16.4 Å². The summed E-state index contributed by atoms with van der Waals surface area (Å²) in [7, 11) is -2.36. The summed E-state index contributed by atoms with van der Waals surface area (Å²) >= 11 is 0. The van der Waals surface area contributed by atoms with Gasteiger partial charge >= 0.3 is 16.4 Å². The van der Waals surface area contributed by atoms with Gasteiger partial charge in [0, 0.05) is 20.1 Å². The van der Waals surface area contributed by atoms with Gasteiger partial charge in [0.1, 0.15) is 0 Å². The maximum Gasteiger partial charge on any atom is 0.410 e. The van der Waals surface area contributed by atoms with E-state index in [1.54, 1.807) is 18.7 Å². The quantitative estimate of drug-likeness (QED) is 0.809. The highest BCUT2D eigenvalue weighted by Crippen LogP contribution is 2.16. The summed E-state index contributed by atoms with van der Waals surface area (Å²) in [6.07, 6.45) is 0.0592. The summed E-state index contributed by atoms with van der Waals surface area (Å²) in [6.45, 7) is 4.45. The Hall–Kier alpha value is -0.860. The van der Waals surface area contributed by atoms with E-state index in [0.717, 1.165) is 0 Å². The zero-order valence-electron chi connectivity index (χ0n) is 10.9. The van der Waals surface area contributed by atoms with E-state index in [9.17, 15) is 13.2 Å². The number of carbonyl (C=O) groups excluding carboxylic acids is 1. The first-order chi connectivity index (χ1) is 8.34. The molecule has 0 aromatic rings. The molecule has 1 aliphatic rings. The molecule has 0 radical (unpaired) electrons. The molecule has 0 aromatic heterocycles. The highest BCUT2D eigenvalue weighted by atomic mass is 32.2. The second-order valence-electron chi connectivity index (χ2n) is 4.37. The number of hydrogen-bond acceptors (Lipinski definition) is 5. The third-order valence-corrected chi connectivity index (χ3v) is 3.57. The van der Waals surface area contributed by atoms with Crippen LogP contribution in [-0.2, 0) is 19.2 Å². The van der Waals surface area contributed by atoms with Crippen molar-refractivity contribution in [3.63, 3.8) is 0 Å². The van der Waals surface area contributed by atoms with Crippen LogP contribution in [0, 0.1) is 0 Å². The molecule has 0 saturated carbocycles. The molecule has 0 atom stereocenters. The second-order valence-corrected chi connectivity index (χ2v) is 5.88. The molecule has 0 aliphatic carbocycles. The van der Waals surface area contributed by atoms with Crippen molar-refractivity contribution < 1.29 is 22.1 Å². The summed E-state index contributed by atoms with van der Waals surface area (Å²) < 4.78 is 34.5. The monoisotopic (exact) mass is 280 g/mol. The Labute approximate surface area is 108 Å². The molecule has 0 bridgehead atoms. The van der Waals surface area contributed by atoms with E-state index in [4.69, 9.17) is 8.92 Å². The van der Waals surface area contributed by atoms with Gasteiger partial charge in [0.25, 0.3) is 0 Å². The van der Waals surface area contributed by atoms with Crippen LogP contribution < -0.4 is 4.72 Å². The molecule has 106 valence electrons. The maximum absolute atomic E-state index is 11.6. The summed E-state index contributed by atoms with van der Waals surface area (Å²) in [5.74, 6) is 0. The molecule has 0 aromatic carbocycles. The van der Waals surface area contributed by atoms with Crippen LogP contribution in [0.1, 0.15) is 26.7 Å². The van der Waals surface area contributed by atoms with Crippen LogP contribution in [0.5, 0.6) is 0 Å². The minimum atomic E-state index is -3.66. The van der Waals surface area contributed by atoms with Crippen molar-refractivity contribution in [1.29, 1.82) is 0 Å². The molecule has 1 saturated heterocycles. The fourth-order valence-electron chi connectivity index (χ4n) is 1.64. The molecular formula is C10H20N2O5S. The molecule has 8 heteroatoms. The second kappa shape index (κ2) is 6.35. The van der Waals surface area contributed by atoms with Crippen LogP contribution in [0.3, 0.4) is 0 Å². The Kier molecular flexibility index (Phi) is 5.36. The predicted octanol–water partition coefficient (Wildman–Crippen LogP) is 0.477. The van der Waals surface area contributed by atoms with E-state index < -0.39 is 10.3 Å². The first-order valence-corrected chi connectivity index (χ1v) is 7.32. The largest absolute Gasteiger partial charge is 0.447 e. The van der Waals surface area contributed by atoms with Crippen molar-refractivity contribution in [1.82, 2.24) is 9.62 Å². The van der Waals surface area contributed by atoms with Gasteiger partial charge in [-0.05, 0) is 26.7 Å². The van der Waals surface area contributed by atoms with Crippen molar-refractivity contribution in [2.45, 2.75) is 38.9 Å². The van der Waals surface area contributed by atoms with E-state index in [0.29, 0.717) is 25.9 Å². The van der Waals surface area contributed by atoms with Crippen LogP contribution >= 0.6 is 0 Å². The highest BCUT2D eigenvalue weighted by molar-refractivity contribution is 7.84. The molecule has 0 unspecified atom stereocenters. The number of hydrogen-bond donors (Lipinski definition) is 1. The summed E-state index contributed by atoms with van der Waals surface area (Å²) in [4.78, 5) is 13.2. The fourth-order valence-corrected chi connectivity index (χ4v) is 2.29. The average Bonchev–Trinajstić information content (AvgIpc) is 2.28. The van der Waals surface area contributed by atoms with Gasteiger partial charge in [-0.3, -0.25) is 4.18 Å². The van der Waals surface area contributed by atoms with E-state index in [2.05, 4.69) is 4.72 Å². The maximum atomic E-state index is 11.6. The van der Waals surface area contributed by atoms with E-state index in [1.807, 2.05) is 0 Å². The number of piperidine rings is 1. The molecule has 1 heterocycles. The first-order valence-electron chi connectivity index (χ1n) is 5.91. The molecule has 1 rings (SSSR count). The Morgan fingerprint density at radius 2 is 1.89 bits per heavy atom. The Bertz CT molecular complexity index is 374. The standard InChI is InChI=1S/C10H20N2O5S/c1-8(2)16-10(13)12-6-4-9(5-7-12)17-18(14,15)11-3/h8-9,11H,4-7H2,1-3H3. The van der Waals surface area contributed by atoms with Gasteiger partial charge in [0.05, 0.1) is 12.2 Å². The minimum absolute atomic E-state index is 0.156. The molecule has 1 aliphatic heterocycles. The van der Waals surface area contributed by atoms with Crippen LogP contribution in [0.2, 0.25) is 0 Å². The lowest BCUT2D eigenvalue weighted by molar-refractivity contribution is 0.0529. The number of ether oxygens (including phenoxy) is 1. The lowest BCUT2D eigenvalue weighted by Gasteiger charge is -2.31. The minimum Gasteiger partial charge on any atom is -0.447 e. The van der Waals surface area contributed by atoms with Gasteiger partial charge in [-0.15, -0.1) is 0 Å². The van der Waals surface area contributed by atoms with Crippen molar-refractivity contribution in [2.24, 2.45) is 0 Å². The molecular weight excluding hydrogens is 260 g/mol. The number of carbonyl (C=O) groups is 1. The number of nitrogens with zero attached hydrogens (tertiary/aromatic N) is 1. The van der Waals surface area contributed by atoms with Crippen molar-refractivity contribution in [3.8, 4) is 0 Å². The predicted molar refractivity (Wildman–Crippen MR) is 65.3 cm³/mol. The zero-order valence-corrected chi connectivity index (χ0v) is 11.7. The highest BCUT2D eigenvalue weighted by Gasteiger charge is 2.27. The lowest BCUT2D eigenvalue weighted by atomic mass is 10.1. The molecule has 1 N–H and O–H groups in total. The normalized spacial score (nSPS) is 18.1. The molecule has 7 nitrogen and oxygen atoms in total. The SMILES string of the molecule is CNS(=O)(=O)OC1CCN(C(=O)OC(C)C)CC1. The number of nitrogens with one attached hydrogen (secondary N) is 1. The molecule has 0 spiro atoms. The first kappa shape index (κ1) is 15.2. The van der Waals surface area contributed by atoms with Crippen LogP contribution in [0.15, 0.2) is 0 Å². The number of likely N-dealkylation sites (tertiary alicyclic amines) is 1. The Balaban J connectivity index is 2.39. The van der Waals surface area contributed by atoms with E-state index >= 15 is 0 Å². The number of rotatable bonds is 4. The lowest BCUT2D eigenvalue weighted by Crippen LogP contribution is -2.43. The Morgan fingerprint density at radius 1 is 1.33 bits per heavy atom. The van der Waals surface area contributed by atoms with Gasteiger partial charge < -0.3 is 9.64 Å². The third-order valence-electron chi connectivity index (χ3n) is 2.55. The topological polar surface area (TPSA) is 84.9 Å². The summed E-state index contributed by atoms with van der Waals surface area (Å²) in [6, 6.07) is 0. The summed E-state index contributed by atoms with van der Waals surface area (Å²) in [5.41, 5.74) is 0. The molecule has 1 fully saturated rings. The average molecular weight is 280 g/mol. The van der Waals surface area contributed by atoms with Gasteiger partial charge in [0.15, 0.2) is 0 Å². The van der Waals surface area contributed by atoms with Crippen LogP contribution in [0.4, 0.5) is 4.79 Å². The van der Waals surface area contributed by atoms with Crippen molar-refractivity contribution in [2.75, 3.05) is 20.1 Å². The van der Waals surface area contributed by atoms with Crippen molar-refractivity contribution in [3.05, 3.63) is 0 Å². The van der Waals surface area contributed by atoms with Gasteiger partial charge in [-0.2, -0.15) is 13.1 Å².